The minimum absolute atomic E-state index is 0.0501. The summed E-state index contributed by atoms with van der Waals surface area (Å²) in [5.41, 5.74) is 0.796. The quantitative estimate of drug-likeness (QED) is 0.172. The summed E-state index contributed by atoms with van der Waals surface area (Å²) in [5, 5.41) is 38.9. The van der Waals surface area contributed by atoms with Crippen LogP contribution in [0.3, 0.4) is 0 Å². The monoisotopic (exact) mass is 607 g/mol. The van der Waals surface area contributed by atoms with Crippen molar-refractivity contribution in [2.75, 3.05) is 13.7 Å². The summed E-state index contributed by atoms with van der Waals surface area (Å²) in [5.74, 6) is 2.41. The average Bonchev–Trinajstić information content (AvgIpc) is 3.27. The number of hydrogen-bond donors (Lipinski definition) is 3. The number of terminal acetylenes is 1. The molecule has 3 saturated carbocycles. The summed E-state index contributed by atoms with van der Waals surface area (Å²) in [7, 11) is 1.18. The van der Waals surface area contributed by atoms with Gasteiger partial charge in [-0.05, 0) is 92.2 Å². The highest BCUT2D eigenvalue weighted by atomic mass is 16.6. The molecule has 0 heterocycles. The molecule has 0 radical (unpaired) electrons. The maximum absolute atomic E-state index is 12.6. The Bertz CT molecular complexity index is 1450. The Morgan fingerprint density at radius 3 is 2.66 bits per heavy atom. The first kappa shape index (κ1) is 31.5. The Hall–Kier alpha value is -3.91. The third kappa shape index (κ3) is 5.45. The van der Waals surface area contributed by atoms with E-state index in [2.05, 4.69) is 36.3 Å². The fourth-order valence-electron chi connectivity index (χ4n) is 8.72. The van der Waals surface area contributed by atoms with Crippen molar-refractivity contribution in [2.45, 2.75) is 83.3 Å². The number of aromatic hydroxyl groups is 1. The standard InChI is InChI=1S/C33H41N3O8/c1-5-33(40)15-12-25-23-8-7-21-18-22(10-13-31(21,2)24(23)11-14-32(25,33)3)35-44-19-29(38)34-26(30(39)43-4)16-20-6-9-28(37)27(17-20)36(41)42/h1,6,9,17-18,23-26,37,40H,7-8,10-16,19H2,2-4H3,(H,34,38). The molecule has 11 nitrogen and oxygen atoms in total. The molecule has 0 saturated heterocycles. The molecule has 0 spiro atoms. The van der Waals surface area contributed by atoms with Gasteiger partial charge in [-0.1, -0.05) is 36.6 Å². The molecular weight excluding hydrogens is 566 g/mol. The van der Waals surface area contributed by atoms with Gasteiger partial charge in [0.05, 0.1) is 17.7 Å². The lowest BCUT2D eigenvalue weighted by molar-refractivity contribution is -0.385. The molecule has 0 bridgehead atoms. The van der Waals surface area contributed by atoms with E-state index in [0.29, 0.717) is 36.2 Å². The van der Waals surface area contributed by atoms with Gasteiger partial charge in [-0.3, -0.25) is 14.9 Å². The van der Waals surface area contributed by atoms with Crippen LogP contribution in [0.2, 0.25) is 0 Å². The van der Waals surface area contributed by atoms with Crippen LogP contribution in [-0.4, -0.2) is 58.1 Å². The summed E-state index contributed by atoms with van der Waals surface area (Å²) in [6.45, 7) is 4.14. The number of amides is 1. The molecule has 7 atom stereocenters. The number of nitrogens with zero attached hydrogens (tertiary/aromatic N) is 2. The van der Waals surface area contributed by atoms with E-state index in [4.69, 9.17) is 16.0 Å². The van der Waals surface area contributed by atoms with Gasteiger partial charge in [0, 0.05) is 17.9 Å². The number of ether oxygens (including phenoxy) is 1. The molecule has 1 aromatic rings. The number of carbonyl (C=O) groups excluding carboxylic acids is 2. The molecule has 4 aliphatic carbocycles. The van der Waals surface area contributed by atoms with E-state index < -0.39 is 46.5 Å². The van der Waals surface area contributed by atoms with Gasteiger partial charge in [0.25, 0.3) is 5.91 Å². The number of methoxy groups -OCH3 is 1. The van der Waals surface area contributed by atoms with Crippen molar-refractivity contribution in [3.8, 4) is 18.1 Å². The number of nitro benzene ring substituents is 1. The SMILES string of the molecule is C#CC1(O)CCC2C3CCC4=CC(=NOCC(=O)NC(Cc5ccc(O)c([N+](=O)[O-])c5)C(=O)OC)CCC4(C)C3CCC21C. The smallest absolute Gasteiger partial charge is 0.328 e. The predicted molar refractivity (Wildman–Crippen MR) is 161 cm³/mol. The molecule has 44 heavy (non-hydrogen) atoms. The summed E-state index contributed by atoms with van der Waals surface area (Å²) in [4.78, 5) is 40.8. The van der Waals surface area contributed by atoms with E-state index >= 15 is 0 Å². The van der Waals surface area contributed by atoms with E-state index in [1.54, 1.807) is 0 Å². The number of aliphatic hydroxyl groups is 1. The van der Waals surface area contributed by atoms with Crippen molar-refractivity contribution in [2.24, 2.45) is 33.7 Å². The fraction of sp³-hybridized carbons (Fsp3) is 0.606. The molecular formula is C33H41N3O8. The van der Waals surface area contributed by atoms with Crippen molar-refractivity contribution >= 4 is 23.3 Å². The zero-order valence-corrected chi connectivity index (χ0v) is 25.5. The second-order valence-corrected chi connectivity index (χ2v) is 13.3. The summed E-state index contributed by atoms with van der Waals surface area (Å²) in [6, 6.07) is 2.63. The molecule has 11 heteroatoms. The highest BCUT2D eigenvalue weighted by Gasteiger charge is 2.63. The van der Waals surface area contributed by atoms with Crippen LogP contribution in [0.1, 0.15) is 70.8 Å². The van der Waals surface area contributed by atoms with Gasteiger partial charge in [-0.2, -0.15) is 0 Å². The summed E-state index contributed by atoms with van der Waals surface area (Å²) in [6.07, 6.45) is 15.1. The maximum atomic E-state index is 12.6. The minimum atomic E-state index is -1.12. The first-order valence-corrected chi connectivity index (χ1v) is 15.3. The number of fused-ring (bicyclic) bond motifs is 5. The molecule has 1 amide bonds. The van der Waals surface area contributed by atoms with Gasteiger partial charge >= 0.3 is 11.7 Å². The number of hydrogen-bond acceptors (Lipinski definition) is 9. The number of nitro groups is 1. The molecule has 0 aliphatic heterocycles. The van der Waals surface area contributed by atoms with Gasteiger partial charge in [0.1, 0.15) is 11.6 Å². The zero-order chi connectivity index (χ0) is 31.9. The van der Waals surface area contributed by atoms with Crippen LogP contribution in [0.15, 0.2) is 35.0 Å². The highest BCUT2D eigenvalue weighted by Crippen LogP contribution is 2.67. The summed E-state index contributed by atoms with van der Waals surface area (Å²) < 4.78 is 4.79. The van der Waals surface area contributed by atoms with Crippen LogP contribution >= 0.6 is 0 Å². The fourth-order valence-corrected chi connectivity index (χ4v) is 8.72. The lowest BCUT2D eigenvalue weighted by Gasteiger charge is -2.58. The number of phenols is 1. The van der Waals surface area contributed by atoms with Crippen LogP contribution in [0.5, 0.6) is 5.75 Å². The van der Waals surface area contributed by atoms with E-state index in [1.807, 2.05) is 0 Å². The number of allylic oxidation sites excluding steroid dienone is 2. The minimum Gasteiger partial charge on any atom is -0.502 e. The highest BCUT2D eigenvalue weighted by molar-refractivity contribution is 5.96. The first-order chi connectivity index (χ1) is 20.8. The predicted octanol–water partition coefficient (Wildman–Crippen LogP) is 4.20. The number of oxime groups is 1. The van der Waals surface area contributed by atoms with E-state index in [1.165, 1.54) is 18.7 Å². The topological polar surface area (TPSA) is 161 Å². The maximum Gasteiger partial charge on any atom is 0.328 e. The second-order valence-electron chi connectivity index (χ2n) is 13.3. The number of carbonyl (C=O) groups is 2. The van der Waals surface area contributed by atoms with Crippen LogP contribution in [0, 0.1) is 51.0 Å². The molecule has 7 unspecified atom stereocenters. The number of benzene rings is 1. The Balaban J connectivity index is 1.20. The van der Waals surface area contributed by atoms with Gasteiger partial charge < -0.3 is 25.1 Å². The molecule has 4 aliphatic rings. The normalized spacial score (nSPS) is 33.9. The number of esters is 1. The Morgan fingerprint density at radius 2 is 1.95 bits per heavy atom. The molecule has 5 rings (SSSR count). The molecule has 236 valence electrons. The third-order valence-corrected chi connectivity index (χ3v) is 11.2. The van der Waals surface area contributed by atoms with Crippen LogP contribution in [-0.2, 0) is 25.6 Å². The van der Waals surface area contributed by atoms with Gasteiger partial charge in [-0.25, -0.2) is 4.79 Å². The number of rotatable bonds is 8. The number of nitrogens with one attached hydrogen (secondary N) is 1. The van der Waals surface area contributed by atoms with Crippen molar-refractivity contribution < 1.29 is 34.3 Å². The van der Waals surface area contributed by atoms with E-state index in [0.717, 1.165) is 56.4 Å². The van der Waals surface area contributed by atoms with Crippen molar-refractivity contribution in [3.05, 3.63) is 45.5 Å². The van der Waals surface area contributed by atoms with Crippen molar-refractivity contribution in [3.63, 3.8) is 0 Å². The van der Waals surface area contributed by atoms with E-state index in [-0.39, 0.29) is 17.3 Å². The number of phenolic OH excluding ortho intramolecular Hbond substituents is 1. The van der Waals surface area contributed by atoms with Crippen molar-refractivity contribution in [1.29, 1.82) is 0 Å². The van der Waals surface area contributed by atoms with Crippen molar-refractivity contribution in [1.82, 2.24) is 5.32 Å². The van der Waals surface area contributed by atoms with E-state index in [9.17, 15) is 29.9 Å². The van der Waals surface area contributed by atoms with Crippen LogP contribution in [0.4, 0.5) is 5.69 Å². The Labute approximate surface area is 257 Å². The lowest BCUT2D eigenvalue weighted by atomic mass is 9.46. The molecule has 3 fully saturated rings. The van der Waals surface area contributed by atoms with Gasteiger partial charge in [0.2, 0.25) is 0 Å². The van der Waals surface area contributed by atoms with Gasteiger partial charge in [0.15, 0.2) is 12.4 Å². The molecule has 0 aromatic heterocycles. The largest absolute Gasteiger partial charge is 0.502 e. The Kier molecular flexibility index (Phi) is 8.51. The third-order valence-electron chi connectivity index (χ3n) is 11.2. The Morgan fingerprint density at radius 1 is 1.20 bits per heavy atom. The van der Waals surface area contributed by atoms with Crippen LogP contribution in [0.25, 0.3) is 0 Å². The second kappa shape index (κ2) is 11.9. The van der Waals surface area contributed by atoms with Gasteiger partial charge in [-0.15, -0.1) is 6.42 Å². The first-order valence-electron chi connectivity index (χ1n) is 15.3. The molecule has 1 aromatic carbocycles. The lowest BCUT2D eigenvalue weighted by Crippen LogP contribution is -2.54. The molecule has 3 N–H and O–H groups in total. The summed E-state index contributed by atoms with van der Waals surface area (Å²) >= 11 is 0. The average molecular weight is 608 g/mol. The zero-order valence-electron chi connectivity index (χ0n) is 25.5. The van der Waals surface area contributed by atoms with Crippen LogP contribution < -0.4 is 5.32 Å².